The Kier molecular flexibility index (Phi) is 8.66. The molecule has 0 spiro atoms. The number of benzene rings is 3. The van der Waals surface area contributed by atoms with Gasteiger partial charge < -0.3 is 25.6 Å². The van der Waals surface area contributed by atoms with Crippen LogP contribution in [0.15, 0.2) is 78.9 Å². The van der Waals surface area contributed by atoms with Gasteiger partial charge in [-0.1, -0.05) is 78.9 Å². The SMILES string of the molecule is O=C(O)CCC(NC(=O)OCC1c2ccccc2-c2ccccc21)C(=O)NCC1(O)CCN(Cc2ccccc2)C1. The minimum Gasteiger partial charge on any atom is -0.481 e. The van der Waals surface area contributed by atoms with Crippen LogP contribution in [0.25, 0.3) is 11.1 Å². The summed E-state index contributed by atoms with van der Waals surface area (Å²) in [6.45, 7) is 1.84. The van der Waals surface area contributed by atoms with Crippen molar-refractivity contribution in [3.05, 3.63) is 95.6 Å². The number of hydrogen-bond acceptors (Lipinski definition) is 6. The van der Waals surface area contributed by atoms with Gasteiger partial charge in [-0.3, -0.25) is 14.5 Å². The molecular weight excluding hydrogens is 522 g/mol. The molecule has 2 atom stereocenters. The van der Waals surface area contributed by atoms with Crippen LogP contribution < -0.4 is 10.6 Å². The first-order valence-electron chi connectivity index (χ1n) is 13.9. The number of likely N-dealkylation sites (tertiary alicyclic amines) is 1. The highest BCUT2D eigenvalue weighted by Crippen LogP contribution is 2.44. The summed E-state index contributed by atoms with van der Waals surface area (Å²) < 4.78 is 5.56. The van der Waals surface area contributed by atoms with Gasteiger partial charge in [-0.05, 0) is 40.7 Å². The Morgan fingerprint density at radius 2 is 1.59 bits per heavy atom. The molecule has 2 aliphatic rings. The molecule has 1 aliphatic heterocycles. The number of carboxylic acids is 1. The summed E-state index contributed by atoms with van der Waals surface area (Å²) in [5, 5.41) is 25.5. The van der Waals surface area contributed by atoms with E-state index in [1.165, 1.54) is 0 Å². The molecule has 9 nitrogen and oxygen atoms in total. The first-order chi connectivity index (χ1) is 19.8. The highest BCUT2D eigenvalue weighted by Gasteiger charge is 2.37. The number of fused-ring (bicyclic) bond motifs is 3. The molecule has 9 heteroatoms. The van der Waals surface area contributed by atoms with E-state index in [9.17, 15) is 24.6 Å². The number of β-amino-alcohol motifs (C(OH)–C–C–N with tert-alkyl or cyclic N) is 1. The highest BCUT2D eigenvalue weighted by molar-refractivity contribution is 5.86. The van der Waals surface area contributed by atoms with Crippen LogP contribution in [-0.2, 0) is 20.9 Å². The van der Waals surface area contributed by atoms with Crippen LogP contribution in [0.4, 0.5) is 4.79 Å². The zero-order chi connectivity index (χ0) is 28.8. The van der Waals surface area contributed by atoms with E-state index in [0.29, 0.717) is 26.1 Å². The molecule has 1 saturated heterocycles. The average Bonchev–Trinajstić information content (AvgIpc) is 3.51. The minimum absolute atomic E-state index is 0.00688. The third-order valence-electron chi connectivity index (χ3n) is 7.85. The molecule has 3 aromatic rings. The first-order valence-corrected chi connectivity index (χ1v) is 13.9. The van der Waals surface area contributed by atoms with E-state index in [4.69, 9.17) is 4.74 Å². The number of alkyl carbamates (subject to hydrolysis) is 1. The number of ether oxygens (including phenoxy) is 1. The highest BCUT2D eigenvalue weighted by atomic mass is 16.5. The second-order valence-electron chi connectivity index (χ2n) is 10.8. The molecular formula is C32H35N3O6. The maximum atomic E-state index is 13.1. The molecule has 1 heterocycles. The molecule has 2 amide bonds. The first kappa shape index (κ1) is 28.3. The van der Waals surface area contributed by atoms with Crippen molar-refractivity contribution in [2.75, 3.05) is 26.2 Å². The molecule has 0 aromatic heterocycles. The van der Waals surface area contributed by atoms with Crippen molar-refractivity contribution < 1.29 is 29.3 Å². The number of nitrogens with one attached hydrogen (secondary N) is 2. The van der Waals surface area contributed by atoms with Crippen LogP contribution in [0.1, 0.15) is 41.9 Å². The van der Waals surface area contributed by atoms with Crippen molar-refractivity contribution in [1.29, 1.82) is 0 Å². The molecule has 214 valence electrons. The summed E-state index contributed by atoms with van der Waals surface area (Å²) in [5.74, 6) is -1.78. The number of aliphatic carboxylic acids is 1. The Hall–Kier alpha value is -4.21. The van der Waals surface area contributed by atoms with Gasteiger partial charge in [-0.25, -0.2) is 4.79 Å². The summed E-state index contributed by atoms with van der Waals surface area (Å²) in [6, 6.07) is 24.8. The number of carbonyl (C=O) groups is 3. The molecule has 2 unspecified atom stereocenters. The quantitative estimate of drug-likeness (QED) is 0.284. The maximum absolute atomic E-state index is 13.1. The Bertz CT molecular complexity index is 1350. The predicted molar refractivity (Wildman–Crippen MR) is 153 cm³/mol. The predicted octanol–water partition coefficient (Wildman–Crippen LogP) is 3.51. The van der Waals surface area contributed by atoms with E-state index in [1.807, 2.05) is 78.9 Å². The van der Waals surface area contributed by atoms with E-state index in [2.05, 4.69) is 15.5 Å². The number of hydrogen-bond donors (Lipinski definition) is 4. The van der Waals surface area contributed by atoms with Gasteiger partial charge in [-0.15, -0.1) is 0 Å². The number of rotatable bonds is 11. The van der Waals surface area contributed by atoms with E-state index in [-0.39, 0.29) is 31.9 Å². The minimum atomic E-state index is -1.12. The summed E-state index contributed by atoms with van der Waals surface area (Å²) in [4.78, 5) is 39.2. The summed E-state index contributed by atoms with van der Waals surface area (Å²) in [7, 11) is 0. The summed E-state index contributed by atoms with van der Waals surface area (Å²) >= 11 is 0. The topological polar surface area (TPSA) is 128 Å². The molecule has 1 aliphatic carbocycles. The normalized spacial score (nSPS) is 18.8. The van der Waals surface area contributed by atoms with Crippen molar-refractivity contribution >= 4 is 18.0 Å². The Labute approximate surface area is 239 Å². The third kappa shape index (κ3) is 6.93. The third-order valence-corrected chi connectivity index (χ3v) is 7.85. The lowest BCUT2D eigenvalue weighted by Gasteiger charge is -2.25. The average molecular weight is 558 g/mol. The van der Waals surface area contributed by atoms with Crippen LogP contribution in [-0.4, -0.2) is 71.0 Å². The van der Waals surface area contributed by atoms with Gasteiger partial charge in [0.2, 0.25) is 5.91 Å². The summed E-state index contributed by atoms with van der Waals surface area (Å²) in [6.07, 6.45) is -0.730. The second-order valence-corrected chi connectivity index (χ2v) is 10.8. The van der Waals surface area contributed by atoms with Gasteiger partial charge in [0.1, 0.15) is 12.6 Å². The maximum Gasteiger partial charge on any atom is 0.407 e. The van der Waals surface area contributed by atoms with E-state index in [0.717, 1.165) is 27.8 Å². The van der Waals surface area contributed by atoms with Gasteiger partial charge in [-0.2, -0.15) is 0 Å². The lowest BCUT2D eigenvalue weighted by atomic mass is 9.98. The number of nitrogens with zero attached hydrogens (tertiary/aromatic N) is 1. The van der Waals surface area contributed by atoms with Gasteiger partial charge in [0.25, 0.3) is 0 Å². The Morgan fingerprint density at radius 3 is 2.24 bits per heavy atom. The van der Waals surface area contributed by atoms with Crippen LogP contribution >= 0.6 is 0 Å². The zero-order valence-corrected chi connectivity index (χ0v) is 22.8. The van der Waals surface area contributed by atoms with Crippen molar-refractivity contribution in [3.63, 3.8) is 0 Å². The van der Waals surface area contributed by atoms with Crippen molar-refractivity contribution in [1.82, 2.24) is 15.5 Å². The molecule has 1 fully saturated rings. The molecule has 3 aromatic carbocycles. The van der Waals surface area contributed by atoms with E-state index >= 15 is 0 Å². The number of amides is 2. The van der Waals surface area contributed by atoms with Crippen LogP contribution in [0.2, 0.25) is 0 Å². The van der Waals surface area contributed by atoms with Gasteiger partial charge >= 0.3 is 12.1 Å². The van der Waals surface area contributed by atoms with Gasteiger partial charge in [0.05, 0.1) is 5.60 Å². The van der Waals surface area contributed by atoms with Crippen molar-refractivity contribution in [2.45, 2.75) is 43.4 Å². The largest absolute Gasteiger partial charge is 0.481 e. The number of carboxylic acid groups (broad SMARTS) is 1. The fourth-order valence-electron chi connectivity index (χ4n) is 5.76. The van der Waals surface area contributed by atoms with Crippen LogP contribution in [0.5, 0.6) is 0 Å². The fourth-order valence-corrected chi connectivity index (χ4v) is 5.76. The molecule has 4 N–H and O–H groups in total. The second kappa shape index (κ2) is 12.5. The van der Waals surface area contributed by atoms with Gasteiger partial charge in [0, 0.05) is 38.5 Å². The van der Waals surface area contributed by atoms with Crippen LogP contribution in [0.3, 0.4) is 0 Å². The molecule has 0 bridgehead atoms. The molecule has 5 rings (SSSR count). The van der Waals surface area contributed by atoms with E-state index in [1.54, 1.807) is 0 Å². The lowest BCUT2D eigenvalue weighted by Crippen LogP contribution is -2.52. The lowest BCUT2D eigenvalue weighted by molar-refractivity contribution is -0.137. The molecule has 0 saturated carbocycles. The van der Waals surface area contributed by atoms with Crippen molar-refractivity contribution in [3.8, 4) is 11.1 Å². The zero-order valence-electron chi connectivity index (χ0n) is 22.8. The molecule has 41 heavy (non-hydrogen) atoms. The number of aliphatic hydroxyl groups is 1. The van der Waals surface area contributed by atoms with Crippen molar-refractivity contribution in [2.24, 2.45) is 0 Å². The molecule has 0 radical (unpaired) electrons. The summed E-state index contributed by atoms with van der Waals surface area (Å²) in [5.41, 5.74) is 4.35. The number of carbonyl (C=O) groups excluding carboxylic acids is 2. The van der Waals surface area contributed by atoms with Crippen LogP contribution in [0, 0.1) is 0 Å². The monoisotopic (exact) mass is 557 g/mol. The standard InChI is InChI=1S/C32H35N3O6/c36-29(37)15-14-28(30(38)33-20-32(40)16-17-35(21-32)18-22-8-2-1-3-9-22)34-31(39)41-19-27-25-12-6-4-10-23(25)24-11-5-7-13-26(24)27/h1-13,27-28,40H,14-21H2,(H,33,38)(H,34,39)(H,36,37). The van der Waals surface area contributed by atoms with Gasteiger partial charge in [0.15, 0.2) is 0 Å². The Balaban J connectivity index is 1.16. The van der Waals surface area contributed by atoms with E-state index < -0.39 is 29.6 Å². The smallest absolute Gasteiger partial charge is 0.407 e. The Morgan fingerprint density at radius 1 is 0.951 bits per heavy atom. The fraction of sp³-hybridized carbons (Fsp3) is 0.344.